The average Bonchev–Trinajstić information content (AvgIpc) is 2.52. The molecule has 122 valence electrons. The summed E-state index contributed by atoms with van der Waals surface area (Å²) in [7, 11) is -3.44. The molecule has 0 saturated carbocycles. The first-order valence-electron chi connectivity index (χ1n) is 6.81. The summed E-state index contributed by atoms with van der Waals surface area (Å²) in [4.78, 5) is 11.6. The van der Waals surface area contributed by atoms with Crippen molar-refractivity contribution in [2.24, 2.45) is 0 Å². The molecule has 1 N–H and O–H groups in total. The molecule has 0 aliphatic rings. The van der Waals surface area contributed by atoms with Crippen LogP contribution >= 0.6 is 41.9 Å². The molecule has 0 radical (unpaired) electrons. The van der Waals surface area contributed by atoms with Crippen LogP contribution in [0.5, 0.6) is 0 Å². The first-order chi connectivity index (χ1) is 10.8. The first kappa shape index (κ1) is 18.4. The van der Waals surface area contributed by atoms with Crippen molar-refractivity contribution in [3.05, 3.63) is 60.7 Å². The zero-order valence-electron chi connectivity index (χ0n) is 12.2. The number of carbonyl (C=O) groups excluding carboxylic acids is 1. The van der Waals surface area contributed by atoms with Crippen molar-refractivity contribution >= 4 is 58.5 Å². The van der Waals surface area contributed by atoms with Crippen LogP contribution in [-0.2, 0) is 9.36 Å². The fraction of sp³-hybridized carbons (Fsp3) is 0.188. The van der Waals surface area contributed by atoms with Crippen LogP contribution in [0.2, 0.25) is 0 Å². The minimum absolute atomic E-state index is 0.423. The maximum atomic E-state index is 14.0. The molecule has 0 heterocycles. The van der Waals surface area contributed by atoms with Gasteiger partial charge < -0.3 is 9.88 Å². The van der Waals surface area contributed by atoms with Crippen molar-refractivity contribution in [1.82, 2.24) is 5.32 Å². The number of rotatable bonds is 4. The lowest BCUT2D eigenvalue weighted by Gasteiger charge is -2.33. The van der Waals surface area contributed by atoms with Gasteiger partial charge in [-0.2, -0.15) is 0 Å². The van der Waals surface area contributed by atoms with Crippen molar-refractivity contribution in [3.63, 3.8) is 0 Å². The lowest BCUT2D eigenvalue weighted by Crippen LogP contribution is -2.47. The Hall–Kier alpha value is -0.990. The van der Waals surface area contributed by atoms with Crippen LogP contribution in [0.25, 0.3) is 0 Å². The van der Waals surface area contributed by atoms with Crippen LogP contribution < -0.4 is 15.9 Å². The summed E-state index contributed by atoms with van der Waals surface area (Å²) in [5.74, 6) is -1.60. The average molecular weight is 391 g/mol. The summed E-state index contributed by atoms with van der Waals surface area (Å²) < 4.78 is 12.1. The Labute approximate surface area is 150 Å². The quantitative estimate of drug-likeness (QED) is 0.637. The van der Waals surface area contributed by atoms with E-state index in [-0.39, 0.29) is 0 Å². The van der Waals surface area contributed by atoms with E-state index in [0.717, 1.165) is 0 Å². The summed E-state index contributed by atoms with van der Waals surface area (Å²) in [5.41, 5.74) is 0. The highest BCUT2D eigenvalue weighted by Crippen LogP contribution is 2.55. The monoisotopic (exact) mass is 389 g/mol. The van der Waals surface area contributed by atoms with Gasteiger partial charge in [0, 0.05) is 17.5 Å². The van der Waals surface area contributed by atoms with Gasteiger partial charge in [-0.25, -0.2) is 0 Å². The zero-order chi connectivity index (χ0) is 17.1. The van der Waals surface area contributed by atoms with Crippen molar-refractivity contribution in [1.29, 1.82) is 0 Å². The van der Waals surface area contributed by atoms with E-state index in [1.807, 2.05) is 12.1 Å². The first-order valence-corrected chi connectivity index (χ1v) is 9.72. The van der Waals surface area contributed by atoms with Crippen LogP contribution in [0.15, 0.2) is 60.7 Å². The molecule has 23 heavy (non-hydrogen) atoms. The Morgan fingerprint density at radius 3 is 1.65 bits per heavy atom. The number of hydrogen-bond acceptors (Lipinski definition) is 2. The van der Waals surface area contributed by atoms with Crippen molar-refractivity contribution in [3.8, 4) is 0 Å². The molecule has 1 atom stereocenters. The topological polar surface area (TPSA) is 46.2 Å². The minimum Gasteiger partial charge on any atom is -0.342 e. The summed E-state index contributed by atoms with van der Waals surface area (Å²) in [6.07, 6.45) is 0. The Bertz CT molecular complexity index is 674. The van der Waals surface area contributed by atoms with Gasteiger partial charge in [-0.05, 0) is 0 Å². The molecule has 0 aliphatic heterocycles. The lowest BCUT2D eigenvalue weighted by atomic mass is 10.4. The molecule has 2 aromatic rings. The smallest absolute Gasteiger partial charge is 0.218 e. The third kappa shape index (κ3) is 4.10. The number of hydrogen-bond donors (Lipinski definition) is 1. The summed E-state index contributed by atoms with van der Waals surface area (Å²) in [5, 5.41) is 3.58. The van der Waals surface area contributed by atoms with E-state index < -0.39 is 22.6 Å². The molecule has 3 nitrogen and oxygen atoms in total. The van der Waals surface area contributed by atoms with Gasteiger partial charge in [0.2, 0.25) is 9.70 Å². The SMILES string of the molecule is CC(=O)NC(C(Cl)(Cl)Cl)P(=O)(c1ccccc1)c1ccccc1. The Balaban J connectivity index is 2.71. The molecule has 1 amide bonds. The van der Waals surface area contributed by atoms with Crippen LogP contribution in [0.1, 0.15) is 6.92 Å². The number of benzene rings is 2. The van der Waals surface area contributed by atoms with E-state index in [9.17, 15) is 9.36 Å². The zero-order valence-corrected chi connectivity index (χ0v) is 15.4. The maximum absolute atomic E-state index is 14.0. The molecule has 0 spiro atoms. The molecular weight excluding hydrogens is 376 g/mol. The highest BCUT2D eigenvalue weighted by atomic mass is 35.6. The van der Waals surface area contributed by atoms with Gasteiger partial charge >= 0.3 is 0 Å². The number of nitrogens with one attached hydrogen (secondary N) is 1. The summed E-state index contributed by atoms with van der Waals surface area (Å²) in [6, 6.07) is 17.5. The normalized spacial score (nSPS) is 13.4. The predicted molar refractivity (Wildman–Crippen MR) is 97.7 cm³/mol. The van der Waals surface area contributed by atoms with Crippen molar-refractivity contribution in [2.45, 2.75) is 16.5 Å². The molecule has 2 aromatic carbocycles. The van der Waals surface area contributed by atoms with Gasteiger partial charge in [-0.15, -0.1) is 0 Å². The van der Waals surface area contributed by atoms with Gasteiger partial charge in [0.05, 0.1) is 0 Å². The molecule has 0 fully saturated rings. The molecule has 0 aliphatic carbocycles. The second-order valence-corrected chi connectivity index (χ2v) is 10.2. The number of alkyl halides is 3. The van der Waals surface area contributed by atoms with E-state index in [1.165, 1.54) is 6.92 Å². The molecule has 0 saturated heterocycles. The van der Waals surface area contributed by atoms with E-state index in [4.69, 9.17) is 34.8 Å². The van der Waals surface area contributed by atoms with E-state index in [2.05, 4.69) is 5.32 Å². The Morgan fingerprint density at radius 1 is 0.957 bits per heavy atom. The largest absolute Gasteiger partial charge is 0.342 e. The Kier molecular flexibility index (Phi) is 5.80. The van der Waals surface area contributed by atoms with Gasteiger partial charge in [0.25, 0.3) is 0 Å². The van der Waals surface area contributed by atoms with Gasteiger partial charge in [0.15, 0.2) is 7.14 Å². The van der Waals surface area contributed by atoms with E-state index >= 15 is 0 Å². The Morgan fingerprint density at radius 2 is 1.35 bits per heavy atom. The molecular formula is C16H15Cl3NO2P. The number of amides is 1. The van der Waals surface area contributed by atoms with Crippen LogP contribution in [0, 0.1) is 0 Å². The second kappa shape index (κ2) is 7.27. The molecule has 2 rings (SSSR count). The third-order valence-corrected chi connectivity index (χ3v) is 7.78. The van der Waals surface area contributed by atoms with Gasteiger partial charge in [-0.1, -0.05) is 95.5 Å². The van der Waals surface area contributed by atoms with Crippen LogP contribution in [0.3, 0.4) is 0 Å². The second-order valence-electron chi connectivity index (χ2n) is 4.97. The maximum Gasteiger partial charge on any atom is 0.218 e. The van der Waals surface area contributed by atoms with Crippen molar-refractivity contribution < 1.29 is 9.36 Å². The molecule has 1 unspecified atom stereocenters. The van der Waals surface area contributed by atoms with Crippen LogP contribution in [-0.4, -0.2) is 15.5 Å². The highest BCUT2D eigenvalue weighted by Gasteiger charge is 2.48. The molecule has 0 aromatic heterocycles. The minimum atomic E-state index is -3.44. The van der Waals surface area contributed by atoms with Crippen LogP contribution in [0.4, 0.5) is 0 Å². The van der Waals surface area contributed by atoms with Crippen molar-refractivity contribution in [2.75, 3.05) is 0 Å². The fourth-order valence-electron chi connectivity index (χ4n) is 2.32. The summed E-state index contributed by atoms with van der Waals surface area (Å²) >= 11 is 18.2. The number of halogens is 3. The fourth-order valence-corrected chi connectivity index (χ4v) is 6.62. The predicted octanol–water partition coefficient (Wildman–Crippen LogP) is 3.83. The van der Waals surface area contributed by atoms with E-state index in [0.29, 0.717) is 10.6 Å². The lowest BCUT2D eigenvalue weighted by molar-refractivity contribution is -0.119. The highest BCUT2D eigenvalue weighted by molar-refractivity contribution is 7.79. The standard InChI is InChI=1S/C16H15Cl3NO2P/c1-12(21)20-15(16(17,18)19)23(22,13-8-4-2-5-9-13)14-10-6-3-7-11-14/h2-11,15H,1H3,(H,20,21). The molecule has 0 bridgehead atoms. The van der Waals surface area contributed by atoms with Gasteiger partial charge in [-0.3, -0.25) is 4.79 Å². The number of carbonyl (C=O) groups is 1. The summed E-state index contributed by atoms with van der Waals surface area (Å²) in [6.45, 7) is 1.30. The van der Waals surface area contributed by atoms with E-state index in [1.54, 1.807) is 48.5 Å². The third-order valence-electron chi connectivity index (χ3n) is 3.29. The van der Waals surface area contributed by atoms with Gasteiger partial charge in [0.1, 0.15) is 5.78 Å². The molecule has 7 heteroatoms.